The van der Waals surface area contributed by atoms with E-state index in [9.17, 15) is 4.79 Å². The molecule has 0 N–H and O–H groups in total. The van der Waals surface area contributed by atoms with Crippen molar-refractivity contribution in [2.75, 3.05) is 7.11 Å². The van der Waals surface area contributed by atoms with E-state index in [0.717, 1.165) is 5.56 Å². The van der Waals surface area contributed by atoms with Gasteiger partial charge in [0.05, 0.1) is 13.0 Å². The minimum Gasteiger partial charge on any atom is -0.469 e. The Hall–Kier alpha value is -1.48. The van der Waals surface area contributed by atoms with Gasteiger partial charge in [0.15, 0.2) is 0 Å². The van der Waals surface area contributed by atoms with Crippen LogP contribution in [-0.4, -0.2) is 13.1 Å². The van der Waals surface area contributed by atoms with E-state index in [4.69, 9.17) is 39.5 Å². The lowest BCUT2D eigenvalue weighted by Gasteiger charge is -2.15. The van der Waals surface area contributed by atoms with Gasteiger partial charge < -0.3 is 4.74 Å². The number of ether oxygens (including phenoxy) is 1. The highest BCUT2D eigenvalue weighted by atomic mass is 35.5. The predicted molar refractivity (Wildman–Crippen MR) is 96.3 cm³/mol. The van der Waals surface area contributed by atoms with Gasteiger partial charge in [0.1, 0.15) is 0 Å². The van der Waals surface area contributed by atoms with Crippen LogP contribution in [0.5, 0.6) is 0 Å². The van der Waals surface area contributed by atoms with Crippen LogP contribution in [-0.2, 0) is 9.53 Å². The van der Waals surface area contributed by atoms with Crippen LogP contribution in [0.3, 0.4) is 0 Å². The van der Waals surface area contributed by atoms with Crippen LogP contribution in [0.1, 0.15) is 23.5 Å². The van der Waals surface area contributed by atoms with E-state index in [1.807, 2.05) is 36.4 Å². The third-order valence-electron chi connectivity index (χ3n) is 3.40. The maximum atomic E-state index is 12.1. The molecule has 0 radical (unpaired) electrons. The average molecular weight is 370 g/mol. The minimum atomic E-state index is -0.497. The topological polar surface area (TPSA) is 26.3 Å². The normalized spacial score (nSPS) is 12.3. The quantitative estimate of drug-likeness (QED) is 0.603. The Morgan fingerprint density at radius 3 is 2.52 bits per heavy atom. The first-order valence-electron chi connectivity index (χ1n) is 6.96. The van der Waals surface area contributed by atoms with Gasteiger partial charge in [0.2, 0.25) is 0 Å². The van der Waals surface area contributed by atoms with Gasteiger partial charge in [-0.05, 0) is 35.7 Å². The largest absolute Gasteiger partial charge is 0.469 e. The van der Waals surface area contributed by atoms with E-state index in [1.165, 1.54) is 7.11 Å². The molecule has 120 valence electrons. The van der Waals surface area contributed by atoms with Crippen LogP contribution in [0, 0.1) is 0 Å². The van der Waals surface area contributed by atoms with Crippen molar-refractivity contribution in [2.45, 2.75) is 12.3 Å². The molecule has 23 heavy (non-hydrogen) atoms. The molecular weight excluding hydrogens is 355 g/mol. The molecule has 5 heteroatoms. The molecule has 1 atom stereocenters. The number of rotatable bonds is 5. The summed E-state index contributed by atoms with van der Waals surface area (Å²) in [6.07, 6.45) is 4.20. The van der Waals surface area contributed by atoms with Crippen molar-refractivity contribution in [3.63, 3.8) is 0 Å². The maximum Gasteiger partial charge on any atom is 0.313 e. The molecule has 0 aliphatic rings. The predicted octanol–water partition coefficient (Wildman–Crippen LogP) is 6.01. The molecule has 0 fully saturated rings. The molecule has 0 heterocycles. The molecule has 0 amide bonds. The standard InChI is InChI=1S/C18H15Cl3O2/c1-23-18(22)15(14-10-9-13(19)11-17(14)21)7-4-6-12-5-2-3-8-16(12)20/h2-6,8-11,15H,7H2,1H3. The second kappa shape index (κ2) is 8.39. The zero-order valence-corrected chi connectivity index (χ0v) is 14.7. The van der Waals surface area contributed by atoms with E-state index < -0.39 is 5.92 Å². The Labute approximate surface area is 150 Å². The van der Waals surface area contributed by atoms with Crippen molar-refractivity contribution < 1.29 is 9.53 Å². The summed E-state index contributed by atoms with van der Waals surface area (Å²) in [6.45, 7) is 0. The van der Waals surface area contributed by atoms with Crippen molar-refractivity contribution in [1.29, 1.82) is 0 Å². The molecule has 2 aromatic carbocycles. The summed E-state index contributed by atoms with van der Waals surface area (Å²) in [7, 11) is 1.36. The van der Waals surface area contributed by atoms with Crippen LogP contribution >= 0.6 is 34.8 Å². The highest BCUT2D eigenvalue weighted by Gasteiger charge is 2.22. The van der Waals surface area contributed by atoms with Gasteiger partial charge in [-0.3, -0.25) is 4.79 Å². The Balaban J connectivity index is 2.23. The molecule has 0 saturated carbocycles. The molecule has 0 aliphatic heterocycles. The molecule has 2 nitrogen and oxygen atoms in total. The number of carbonyl (C=O) groups is 1. The summed E-state index contributed by atoms with van der Waals surface area (Å²) in [5.74, 6) is -0.846. The first-order chi connectivity index (χ1) is 11.0. The highest BCUT2D eigenvalue weighted by Crippen LogP contribution is 2.31. The number of halogens is 3. The molecule has 2 aromatic rings. The second-order valence-corrected chi connectivity index (χ2v) is 6.15. The lowest BCUT2D eigenvalue weighted by molar-refractivity contribution is -0.142. The summed E-state index contributed by atoms with van der Waals surface area (Å²) < 4.78 is 4.89. The average Bonchev–Trinajstić information content (AvgIpc) is 2.53. The summed E-state index contributed by atoms with van der Waals surface area (Å²) in [5, 5.41) is 1.62. The summed E-state index contributed by atoms with van der Waals surface area (Å²) in [4.78, 5) is 12.1. The van der Waals surface area contributed by atoms with Crippen molar-refractivity contribution in [3.8, 4) is 0 Å². The van der Waals surface area contributed by atoms with Crippen LogP contribution < -0.4 is 0 Å². The Kier molecular flexibility index (Phi) is 6.52. The zero-order valence-electron chi connectivity index (χ0n) is 12.4. The lowest BCUT2D eigenvalue weighted by Crippen LogP contribution is -2.14. The van der Waals surface area contributed by atoms with Gasteiger partial charge in [-0.2, -0.15) is 0 Å². The molecule has 0 aromatic heterocycles. The van der Waals surface area contributed by atoms with E-state index in [0.29, 0.717) is 27.1 Å². The van der Waals surface area contributed by atoms with E-state index in [1.54, 1.807) is 18.2 Å². The van der Waals surface area contributed by atoms with Gasteiger partial charge in [0.25, 0.3) is 0 Å². The molecule has 2 rings (SSSR count). The SMILES string of the molecule is COC(=O)C(CC=Cc1ccccc1Cl)c1ccc(Cl)cc1Cl. The molecule has 0 bridgehead atoms. The highest BCUT2D eigenvalue weighted by molar-refractivity contribution is 6.35. The summed E-state index contributed by atoms with van der Waals surface area (Å²) in [6, 6.07) is 12.6. The maximum absolute atomic E-state index is 12.1. The van der Waals surface area contributed by atoms with Gasteiger partial charge >= 0.3 is 5.97 Å². The number of esters is 1. The molecule has 1 unspecified atom stereocenters. The fraction of sp³-hybridized carbons (Fsp3) is 0.167. The number of carbonyl (C=O) groups excluding carboxylic acids is 1. The summed E-state index contributed by atoms with van der Waals surface area (Å²) in [5.41, 5.74) is 1.58. The van der Waals surface area contributed by atoms with Crippen molar-refractivity contribution in [1.82, 2.24) is 0 Å². The number of hydrogen-bond donors (Lipinski definition) is 0. The third-order valence-corrected chi connectivity index (χ3v) is 4.30. The van der Waals surface area contributed by atoms with Crippen molar-refractivity contribution >= 4 is 46.8 Å². The smallest absolute Gasteiger partial charge is 0.313 e. The molecule has 0 saturated heterocycles. The number of methoxy groups -OCH3 is 1. The molecular formula is C18H15Cl3O2. The molecule has 0 spiro atoms. The monoisotopic (exact) mass is 368 g/mol. The van der Waals surface area contributed by atoms with Gasteiger partial charge in [-0.1, -0.05) is 71.2 Å². The van der Waals surface area contributed by atoms with Gasteiger partial charge in [0, 0.05) is 15.1 Å². The number of hydrogen-bond acceptors (Lipinski definition) is 2. The molecule has 0 aliphatic carbocycles. The first-order valence-corrected chi connectivity index (χ1v) is 8.10. The van der Waals surface area contributed by atoms with Crippen molar-refractivity contribution in [2.24, 2.45) is 0 Å². The Bertz CT molecular complexity index is 726. The Morgan fingerprint density at radius 1 is 1.13 bits per heavy atom. The van der Waals surface area contributed by atoms with Crippen LogP contribution in [0.15, 0.2) is 48.5 Å². The van der Waals surface area contributed by atoms with E-state index >= 15 is 0 Å². The van der Waals surface area contributed by atoms with Gasteiger partial charge in [-0.25, -0.2) is 0 Å². The fourth-order valence-electron chi connectivity index (χ4n) is 2.22. The van der Waals surface area contributed by atoms with Crippen LogP contribution in [0.4, 0.5) is 0 Å². The van der Waals surface area contributed by atoms with Gasteiger partial charge in [-0.15, -0.1) is 0 Å². The van der Waals surface area contributed by atoms with Crippen LogP contribution in [0.2, 0.25) is 15.1 Å². The Morgan fingerprint density at radius 2 is 1.87 bits per heavy atom. The number of benzene rings is 2. The second-order valence-electron chi connectivity index (χ2n) is 4.90. The number of allylic oxidation sites excluding steroid dienone is 1. The lowest BCUT2D eigenvalue weighted by atomic mass is 9.95. The fourth-order valence-corrected chi connectivity index (χ4v) is 2.96. The van der Waals surface area contributed by atoms with E-state index in [2.05, 4.69) is 0 Å². The minimum absolute atomic E-state index is 0.349. The van der Waals surface area contributed by atoms with Crippen molar-refractivity contribution in [3.05, 3.63) is 74.7 Å². The zero-order chi connectivity index (χ0) is 16.8. The first kappa shape index (κ1) is 17.9. The third kappa shape index (κ3) is 4.74. The summed E-state index contributed by atoms with van der Waals surface area (Å²) >= 11 is 18.2. The van der Waals surface area contributed by atoms with E-state index in [-0.39, 0.29) is 5.97 Å². The van der Waals surface area contributed by atoms with Crippen LogP contribution in [0.25, 0.3) is 6.08 Å².